The Morgan fingerprint density at radius 1 is 1.17 bits per heavy atom. The Morgan fingerprint density at radius 3 is 2.61 bits per heavy atom. The number of benzene rings is 1. The number of sulfone groups is 1. The zero-order chi connectivity index (χ0) is 13.3. The van der Waals surface area contributed by atoms with Gasteiger partial charge in [0.2, 0.25) is 0 Å². The highest BCUT2D eigenvalue weighted by molar-refractivity contribution is 7.91. The molecule has 0 saturated carbocycles. The van der Waals surface area contributed by atoms with E-state index in [2.05, 4.69) is 0 Å². The molecule has 0 aliphatic carbocycles. The molecule has 0 unspecified atom stereocenters. The molecule has 1 saturated heterocycles. The number of nitrogen functional groups attached to an aromatic ring is 1. The highest BCUT2D eigenvalue weighted by Crippen LogP contribution is 2.28. The third kappa shape index (κ3) is 2.72. The van der Waals surface area contributed by atoms with E-state index in [4.69, 9.17) is 5.73 Å². The Labute approximate surface area is 104 Å². The minimum atomic E-state index is -3.06. The zero-order valence-corrected chi connectivity index (χ0v) is 10.5. The van der Waals surface area contributed by atoms with Crippen molar-refractivity contribution in [2.75, 3.05) is 35.2 Å². The molecule has 2 N–H and O–H groups in total. The van der Waals surface area contributed by atoms with Gasteiger partial charge in [0.05, 0.1) is 22.9 Å². The van der Waals surface area contributed by atoms with Gasteiger partial charge in [0, 0.05) is 19.2 Å². The van der Waals surface area contributed by atoms with Crippen LogP contribution in [0.15, 0.2) is 12.1 Å². The van der Waals surface area contributed by atoms with Crippen LogP contribution < -0.4 is 10.6 Å². The predicted molar refractivity (Wildman–Crippen MR) is 66.3 cm³/mol. The van der Waals surface area contributed by atoms with E-state index in [0.717, 1.165) is 6.07 Å². The van der Waals surface area contributed by atoms with E-state index in [1.165, 1.54) is 0 Å². The molecule has 0 amide bonds. The van der Waals surface area contributed by atoms with Gasteiger partial charge in [-0.2, -0.15) is 0 Å². The minimum Gasteiger partial charge on any atom is -0.395 e. The van der Waals surface area contributed by atoms with Crippen LogP contribution in [0.5, 0.6) is 0 Å². The number of rotatable bonds is 1. The summed E-state index contributed by atoms with van der Waals surface area (Å²) in [6, 6.07) is 1.85. The van der Waals surface area contributed by atoms with Gasteiger partial charge in [-0.25, -0.2) is 17.2 Å². The van der Waals surface area contributed by atoms with Crippen LogP contribution in [0.25, 0.3) is 0 Å². The lowest BCUT2D eigenvalue weighted by Gasteiger charge is -2.23. The van der Waals surface area contributed by atoms with Gasteiger partial charge in [0.15, 0.2) is 15.7 Å². The molecule has 7 heteroatoms. The molecule has 1 heterocycles. The second kappa shape index (κ2) is 4.72. The molecule has 4 nitrogen and oxygen atoms in total. The van der Waals surface area contributed by atoms with Crippen LogP contribution in [-0.4, -0.2) is 33.0 Å². The molecule has 0 aromatic heterocycles. The van der Waals surface area contributed by atoms with E-state index in [0.29, 0.717) is 19.0 Å². The SMILES string of the molecule is Nc1c(F)cc(F)cc1N1CCCS(=O)(=O)CC1. The monoisotopic (exact) mass is 276 g/mol. The van der Waals surface area contributed by atoms with Crippen molar-refractivity contribution in [1.29, 1.82) is 0 Å². The van der Waals surface area contributed by atoms with Crippen LogP contribution in [0.3, 0.4) is 0 Å². The average molecular weight is 276 g/mol. The van der Waals surface area contributed by atoms with Gasteiger partial charge in [-0.15, -0.1) is 0 Å². The lowest BCUT2D eigenvalue weighted by Crippen LogP contribution is -2.27. The van der Waals surface area contributed by atoms with Crippen LogP contribution in [0, 0.1) is 11.6 Å². The summed E-state index contributed by atoms with van der Waals surface area (Å²) >= 11 is 0. The van der Waals surface area contributed by atoms with E-state index in [1.54, 1.807) is 4.90 Å². The topological polar surface area (TPSA) is 63.4 Å². The van der Waals surface area contributed by atoms with Crippen molar-refractivity contribution in [2.45, 2.75) is 6.42 Å². The van der Waals surface area contributed by atoms with Crippen molar-refractivity contribution in [3.8, 4) is 0 Å². The maximum atomic E-state index is 13.3. The number of nitrogens with zero attached hydrogens (tertiary/aromatic N) is 1. The van der Waals surface area contributed by atoms with Gasteiger partial charge in [0.25, 0.3) is 0 Å². The van der Waals surface area contributed by atoms with E-state index < -0.39 is 21.5 Å². The fourth-order valence-corrected chi connectivity index (χ4v) is 3.28. The van der Waals surface area contributed by atoms with Gasteiger partial charge >= 0.3 is 0 Å². The number of halogens is 2. The second-order valence-electron chi connectivity index (χ2n) is 4.31. The number of nitrogens with two attached hydrogens (primary N) is 1. The normalized spacial score (nSPS) is 19.6. The van der Waals surface area contributed by atoms with Gasteiger partial charge in [0.1, 0.15) is 5.82 Å². The van der Waals surface area contributed by atoms with Crippen LogP contribution in [-0.2, 0) is 9.84 Å². The maximum absolute atomic E-state index is 13.3. The lowest BCUT2D eigenvalue weighted by molar-refractivity contribution is 0.585. The Bertz CT molecular complexity index is 560. The fraction of sp³-hybridized carbons (Fsp3) is 0.455. The summed E-state index contributed by atoms with van der Waals surface area (Å²) in [7, 11) is -3.06. The predicted octanol–water partition coefficient (Wildman–Crippen LogP) is 1.17. The molecule has 0 bridgehead atoms. The standard InChI is InChI=1S/C11H14F2N2O2S/c12-8-6-9(13)11(14)10(7-8)15-2-1-4-18(16,17)5-3-15/h6-7H,1-5,14H2. The van der Waals surface area contributed by atoms with E-state index in [-0.39, 0.29) is 29.4 Å². The first-order chi connectivity index (χ1) is 8.39. The summed E-state index contributed by atoms with van der Waals surface area (Å²) < 4.78 is 49.4. The van der Waals surface area contributed by atoms with Crippen molar-refractivity contribution in [2.24, 2.45) is 0 Å². The highest BCUT2D eigenvalue weighted by atomic mass is 32.2. The molecule has 1 aromatic rings. The molecule has 1 aliphatic rings. The zero-order valence-electron chi connectivity index (χ0n) is 9.70. The van der Waals surface area contributed by atoms with E-state index in [9.17, 15) is 17.2 Å². The summed E-state index contributed by atoms with van der Waals surface area (Å²) in [5, 5.41) is 0. The molecule has 0 radical (unpaired) electrons. The third-order valence-corrected chi connectivity index (χ3v) is 4.68. The largest absolute Gasteiger partial charge is 0.395 e. The van der Waals surface area contributed by atoms with Crippen molar-refractivity contribution >= 4 is 21.2 Å². The molecule has 1 aromatic carbocycles. The Balaban J connectivity index is 2.32. The van der Waals surface area contributed by atoms with Crippen molar-refractivity contribution < 1.29 is 17.2 Å². The quantitative estimate of drug-likeness (QED) is 0.782. The van der Waals surface area contributed by atoms with Crippen LogP contribution >= 0.6 is 0 Å². The molecular weight excluding hydrogens is 262 g/mol. The van der Waals surface area contributed by atoms with Gasteiger partial charge in [-0.3, -0.25) is 0 Å². The van der Waals surface area contributed by atoms with Crippen molar-refractivity contribution in [3.05, 3.63) is 23.8 Å². The molecule has 18 heavy (non-hydrogen) atoms. The minimum absolute atomic E-state index is 0.0232. The molecule has 100 valence electrons. The summed E-state index contributed by atoms with van der Waals surface area (Å²) in [5.41, 5.74) is 5.65. The van der Waals surface area contributed by atoms with Gasteiger partial charge < -0.3 is 10.6 Å². The van der Waals surface area contributed by atoms with Gasteiger partial charge in [-0.05, 0) is 12.5 Å². The average Bonchev–Trinajstić information content (AvgIpc) is 2.45. The van der Waals surface area contributed by atoms with Gasteiger partial charge in [-0.1, -0.05) is 0 Å². The van der Waals surface area contributed by atoms with E-state index >= 15 is 0 Å². The van der Waals surface area contributed by atoms with Crippen molar-refractivity contribution in [3.63, 3.8) is 0 Å². The summed E-state index contributed by atoms with van der Waals surface area (Å²) in [6.07, 6.45) is 0.430. The first-order valence-electron chi connectivity index (χ1n) is 5.59. The molecule has 1 aliphatic heterocycles. The van der Waals surface area contributed by atoms with Crippen molar-refractivity contribution in [1.82, 2.24) is 0 Å². The molecule has 0 spiro atoms. The molecule has 1 fully saturated rings. The third-order valence-electron chi connectivity index (χ3n) is 2.97. The highest BCUT2D eigenvalue weighted by Gasteiger charge is 2.22. The second-order valence-corrected chi connectivity index (χ2v) is 6.62. The summed E-state index contributed by atoms with van der Waals surface area (Å²) in [4.78, 5) is 1.62. The van der Waals surface area contributed by atoms with Crippen LogP contribution in [0.2, 0.25) is 0 Å². The summed E-state index contributed by atoms with van der Waals surface area (Å²) in [5.74, 6) is -1.47. The molecule has 2 rings (SSSR count). The maximum Gasteiger partial charge on any atom is 0.152 e. The lowest BCUT2D eigenvalue weighted by atomic mass is 10.2. The Hall–Kier alpha value is -1.37. The van der Waals surface area contributed by atoms with Crippen LogP contribution in [0.1, 0.15) is 6.42 Å². The molecule has 0 atom stereocenters. The Morgan fingerprint density at radius 2 is 1.89 bits per heavy atom. The van der Waals surface area contributed by atoms with Crippen LogP contribution in [0.4, 0.5) is 20.2 Å². The fourth-order valence-electron chi connectivity index (χ4n) is 2.01. The smallest absolute Gasteiger partial charge is 0.152 e. The first-order valence-corrected chi connectivity index (χ1v) is 7.41. The summed E-state index contributed by atoms with van der Waals surface area (Å²) in [6.45, 7) is 0.627. The Kier molecular flexibility index (Phi) is 3.43. The first kappa shape index (κ1) is 13.1. The van der Waals surface area contributed by atoms with E-state index in [1.807, 2.05) is 0 Å². The molecular formula is C11H14F2N2O2S. The number of hydrogen-bond donors (Lipinski definition) is 1. The number of anilines is 2. The number of hydrogen-bond acceptors (Lipinski definition) is 4.